The van der Waals surface area contributed by atoms with Gasteiger partial charge in [-0.05, 0) is 30.7 Å². The molecule has 0 heterocycles. The third kappa shape index (κ3) is 4.42. The second-order valence-corrected chi connectivity index (χ2v) is 4.54. The summed E-state index contributed by atoms with van der Waals surface area (Å²) in [6.07, 6.45) is 2.28. The predicted octanol–water partition coefficient (Wildman–Crippen LogP) is 2.30. The van der Waals surface area contributed by atoms with Gasteiger partial charge in [0.25, 0.3) is 5.91 Å². The van der Waals surface area contributed by atoms with Gasteiger partial charge in [-0.2, -0.15) is 5.26 Å². The quantitative estimate of drug-likeness (QED) is 0.844. The first kappa shape index (κ1) is 16.4. The lowest BCUT2D eigenvalue weighted by Crippen LogP contribution is -2.35. The Bertz CT molecular complexity index is 620. The molecule has 1 N–H and O–H groups in total. The maximum atomic E-state index is 13.9. The van der Waals surface area contributed by atoms with E-state index in [0.29, 0.717) is 5.56 Å². The van der Waals surface area contributed by atoms with Crippen LogP contribution in [0.5, 0.6) is 0 Å². The van der Waals surface area contributed by atoms with Gasteiger partial charge in [0.1, 0.15) is 5.82 Å². The molecule has 21 heavy (non-hydrogen) atoms. The maximum absolute atomic E-state index is 13.9. The number of nitriles is 1. The minimum absolute atomic E-state index is 0.116. The first-order chi connectivity index (χ1) is 9.86. The van der Waals surface area contributed by atoms with Crippen molar-refractivity contribution in [2.45, 2.75) is 19.4 Å². The van der Waals surface area contributed by atoms with Crippen LogP contribution in [0.4, 0.5) is 4.39 Å². The molecule has 0 fully saturated rings. The summed E-state index contributed by atoms with van der Waals surface area (Å²) in [7, 11) is 1.50. The van der Waals surface area contributed by atoms with Crippen molar-refractivity contribution in [1.29, 1.82) is 5.26 Å². The Labute approximate surface area is 121 Å². The summed E-state index contributed by atoms with van der Waals surface area (Å²) in [5.74, 6) is -2.40. The molecule has 110 valence electrons. The smallest absolute Gasteiger partial charge is 0.328 e. The molecular formula is C15H15FN2O3. The van der Waals surface area contributed by atoms with Crippen molar-refractivity contribution in [3.63, 3.8) is 0 Å². The molecule has 1 unspecified atom stereocenters. The highest BCUT2D eigenvalue weighted by atomic mass is 19.1. The van der Waals surface area contributed by atoms with Crippen LogP contribution in [0, 0.1) is 17.1 Å². The molecule has 0 saturated heterocycles. The van der Waals surface area contributed by atoms with Crippen molar-refractivity contribution in [3.05, 3.63) is 41.2 Å². The molecule has 1 aromatic rings. The van der Waals surface area contributed by atoms with Crippen molar-refractivity contribution < 1.29 is 19.1 Å². The van der Waals surface area contributed by atoms with Crippen LogP contribution in [0.3, 0.4) is 0 Å². The number of hydrogen-bond donors (Lipinski definition) is 1. The van der Waals surface area contributed by atoms with Crippen LogP contribution in [0.2, 0.25) is 0 Å². The van der Waals surface area contributed by atoms with Gasteiger partial charge in [0, 0.05) is 19.2 Å². The largest absolute Gasteiger partial charge is 0.478 e. The summed E-state index contributed by atoms with van der Waals surface area (Å²) in [4.78, 5) is 23.8. The summed E-state index contributed by atoms with van der Waals surface area (Å²) in [6, 6.07) is 5.48. The highest BCUT2D eigenvalue weighted by Gasteiger charge is 2.20. The highest BCUT2D eigenvalue weighted by Crippen LogP contribution is 2.15. The standard InChI is InChI=1S/C15H15FN2O3/c1-10(7-8-17)18(2)15(21)12-5-3-11(9-13(12)16)4-6-14(19)20/h3-6,9-10H,7H2,1-2H3,(H,19,20). The van der Waals surface area contributed by atoms with Crippen LogP contribution in [0.1, 0.15) is 29.3 Å². The molecule has 1 rings (SSSR count). The normalized spacial score (nSPS) is 11.9. The second kappa shape index (κ2) is 7.20. The topological polar surface area (TPSA) is 81.4 Å². The number of benzene rings is 1. The molecule has 1 amide bonds. The Balaban J connectivity index is 2.97. The Morgan fingerprint density at radius 3 is 2.71 bits per heavy atom. The molecule has 0 aliphatic heterocycles. The van der Waals surface area contributed by atoms with Gasteiger partial charge in [0.2, 0.25) is 0 Å². The van der Waals surface area contributed by atoms with Crippen molar-refractivity contribution in [2.24, 2.45) is 0 Å². The lowest BCUT2D eigenvalue weighted by molar-refractivity contribution is -0.131. The molecule has 0 aliphatic rings. The summed E-state index contributed by atoms with van der Waals surface area (Å²) in [6.45, 7) is 1.70. The molecule has 1 atom stereocenters. The zero-order chi connectivity index (χ0) is 16.0. The van der Waals surface area contributed by atoms with E-state index in [0.717, 1.165) is 12.1 Å². The fraction of sp³-hybridized carbons (Fsp3) is 0.267. The molecule has 0 spiro atoms. The number of amides is 1. The van der Waals surface area contributed by atoms with Gasteiger partial charge in [-0.3, -0.25) is 4.79 Å². The number of carboxylic acid groups (broad SMARTS) is 1. The molecule has 0 aliphatic carbocycles. The minimum atomic E-state index is -1.14. The minimum Gasteiger partial charge on any atom is -0.478 e. The monoisotopic (exact) mass is 290 g/mol. The van der Waals surface area contributed by atoms with E-state index in [2.05, 4.69) is 0 Å². The van der Waals surface area contributed by atoms with Crippen LogP contribution < -0.4 is 0 Å². The molecule has 1 aromatic carbocycles. The van der Waals surface area contributed by atoms with E-state index in [4.69, 9.17) is 10.4 Å². The van der Waals surface area contributed by atoms with Gasteiger partial charge in [0.05, 0.1) is 18.1 Å². The number of carbonyl (C=O) groups excluding carboxylic acids is 1. The van der Waals surface area contributed by atoms with Crippen molar-refractivity contribution >= 4 is 18.0 Å². The highest BCUT2D eigenvalue weighted by molar-refractivity contribution is 5.95. The van der Waals surface area contributed by atoms with E-state index in [1.807, 2.05) is 6.07 Å². The average molecular weight is 290 g/mol. The maximum Gasteiger partial charge on any atom is 0.328 e. The van der Waals surface area contributed by atoms with E-state index in [9.17, 15) is 14.0 Å². The molecule has 0 aromatic heterocycles. The molecular weight excluding hydrogens is 275 g/mol. The summed E-state index contributed by atoms with van der Waals surface area (Å²) in [5.41, 5.74) is 0.231. The fourth-order valence-electron chi connectivity index (χ4n) is 1.64. The van der Waals surface area contributed by atoms with Crippen LogP contribution in [0.25, 0.3) is 6.08 Å². The van der Waals surface area contributed by atoms with Gasteiger partial charge < -0.3 is 10.0 Å². The Morgan fingerprint density at radius 2 is 2.19 bits per heavy atom. The van der Waals surface area contributed by atoms with E-state index < -0.39 is 17.7 Å². The van der Waals surface area contributed by atoms with Crippen LogP contribution in [0.15, 0.2) is 24.3 Å². The summed E-state index contributed by atoms with van der Waals surface area (Å²) < 4.78 is 13.9. The summed E-state index contributed by atoms with van der Waals surface area (Å²) >= 11 is 0. The first-order valence-electron chi connectivity index (χ1n) is 6.21. The third-order valence-electron chi connectivity index (χ3n) is 3.01. The van der Waals surface area contributed by atoms with Gasteiger partial charge in [-0.15, -0.1) is 0 Å². The zero-order valence-corrected chi connectivity index (χ0v) is 11.7. The predicted molar refractivity (Wildman–Crippen MR) is 74.9 cm³/mol. The van der Waals surface area contributed by atoms with Gasteiger partial charge in [0.15, 0.2) is 0 Å². The molecule has 0 bridgehead atoms. The Kier molecular flexibility index (Phi) is 5.61. The van der Waals surface area contributed by atoms with E-state index in [1.165, 1.54) is 30.2 Å². The van der Waals surface area contributed by atoms with Crippen molar-refractivity contribution in [3.8, 4) is 6.07 Å². The van der Waals surface area contributed by atoms with Crippen molar-refractivity contribution in [2.75, 3.05) is 7.05 Å². The number of halogens is 1. The molecule has 0 radical (unpaired) electrons. The van der Waals surface area contributed by atoms with Gasteiger partial charge >= 0.3 is 5.97 Å². The van der Waals surface area contributed by atoms with E-state index >= 15 is 0 Å². The van der Waals surface area contributed by atoms with E-state index in [-0.39, 0.29) is 18.0 Å². The second-order valence-electron chi connectivity index (χ2n) is 4.54. The van der Waals surface area contributed by atoms with E-state index in [1.54, 1.807) is 6.92 Å². The van der Waals surface area contributed by atoms with Crippen LogP contribution in [-0.4, -0.2) is 35.0 Å². The number of rotatable bonds is 5. The number of carbonyl (C=O) groups is 2. The number of aliphatic carboxylic acids is 1. The number of hydrogen-bond acceptors (Lipinski definition) is 3. The number of carboxylic acids is 1. The fourth-order valence-corrected chi connectivity index (χ4v) is 1.64. The lowest BCUT2D eigenvalue weighted by atomic mass is 10.1. The molecule has 5 nitrogen and oxygen atoms in total. The van der Waals surface area contributed by atoms with Crippen molar-refractivity contribution in [1.82, 2.24) is 4.90 Å². The van der Waals surface area contributed by atoms with Gasteiger partial charge in [-0.25, -0.2) is 9.18 Å². The SMILES string of the molecule is CC(CC#N)N(C)C(=O)c1ccc(C=CC(=O)O)cc1F. The third-order valence-corrected chi connectivity index (χ3v) is 3.01. The Hall–Kier alpha value is -2.68. The molecule has 0 saturated carbocycles. The zero-order valence-electron chi connectivity index (χ0n) is 11.7. The summed E-state index contributed by atoms with van der Waals surface area (Å²) in [5, 5.41) is 17.1. The van der Waals surface area contributed by atoms with Gasteiger partial charge in [-0.1, -0.05) is 6.07 Å². The average Bonchev–Trinajstić information content (AvgIpc) is 2.44. The molecule has 6 heteroatoms. The van der Waals surface area contributed by atoms with Crippen LogP contribution >= 0.6 is 0 Å². The lowest BCUT2D eigenvalue weighted by Gasteiger charge is -2.23. The number of nitrogens with zero attached hydrogens (tertiary/aromatic N) is 2. The first-order valence-corrected chi connectivity index (χ1v) is 6.21. The Morgan fingerprint density at radius 1 is 1.52 bits per heavy atom. The van der Waals surface area contributed by atoms with Crippen LogP contribution in [-0.2, 0) is 4.79 Å².